The van der Waals surface area contributed by atoms with Crippen LogP contribution >= 0.6 is 0 Å². The van der Waals surface area contributed by atoms with Gasteiger partial charge in [-0.2, -0.15) is 0 Å². The number of alkyl halides is 1. The Morgan fingerprint density at radius 2 is 1.26 bits per heavy atom. The summed E-state index contributed by atoms with van der Waals surface area (Å²) >= 11 is 0. The Bertz CT molecular complexity index is 1300. The van der Waals surface area contributed by atoms with Crippen molar-refractivity contribution in [3.63, 3.8) is 0 Å². The van der Waals surface area contributed by atoms with E-state index in [1.54, 1.807) is 18.5 Å². The average molecular weight is 498 g/mol. The largest absolute Gasteiger partial charge is 0.294 e. The van der Waals surface area contributed by atoms with E-state index in [9.17, 15) is 35.3 Å². The first kappa shape index (κ1) is 25.6. The maximum atomic E-state index is 14.4. The summed E-state index contributed by atoms with van der Waals surface area (Å²) in [5, 5.41) is 0. The van der Waals surface area contributed by atoms with Crippen LogP contribution in [-0.4, -0.2) is 9.97 Å². The van der Waals surface area contributed by atoms with Crippen molar-refractivity contribution in [3.05, 3.63) is 101 Å². The van der Waals surface area contributed by atoms with E-state index in [2.05, 4.69) is 14.9 Å². The molecule has 0 saturated carbocycles. The summed E-state index contributed by atoms with van der Waals surface area (Å²) < 4.78 is 102. The fourth-order valence-electron chi connectivity index (χ4n) is 2.89. The normalized spacial score (nSPS) is 10.5. The summed E-state index contributed by atoms with van der Waals surface area (Å²) in [6.45, 7) is 0.571. The van der Waals surface area contributed by atoms with Crippen LogP contribution in [-0.2, 0) is 6.67 Å². The molecule has 35 heavy (non-hydrogen) atoms. The molecule has 0 bridgehead atoms. The Morgan fingerprint density at radius 1 is 0.714 bits per heavy atom. The highest BCUT2D eigenvalue weighted by molar-refractivity contribution is 5.69. The molecule has 11 heteroatoms. The van der Waals surface area contributed by atoms with Crippen molar-refractivity contribution in [2.45, 2.75) is 13.6 Å². The molecular weight excluding hydrogens is 484 g/mol. The predicted octanol–water partition coefficient (Wildman–Crippen LogP) is 7.37. The lowest BCUT2D eigenvalue weighted by atomic mass is 10.0. The second kappa shape index (κ2) is 10.9. The topological polar surface area (TPSA) is 35.0 Å². The van der Waals surface area contributed by atoms with Crippen LogP contribution in [0, 0.1) is 41.8 Å². The molecule has 3 nitrogen and oxygen atoms in total. The molecule has 0 saturated heterocycles. The third-order valence-corrected chi connectivity index (χ3v) is 4.64. The minimum Gasteiger partial charge on any atom is -0.294 e. The molecule has 0 aliphatic rings. The van der Waals surface area contributed by atoms with Crippen molar-refractivity contribution in [1.82, 2.24) is 9.97 Å². The maximum absolute atomic E-state index is 14.4. The van der Waals surface area contributed by atoms with E-state index in [0.717, 1.165) is 17.7 Å². The van der Waals surface area contributed by atoms with Gasteiger partial charge in [-0.3, -0.25) is 4.94 Å². The standard InChI is InChI=1S/C18H12F4N2.C6H2F4O/c1-10-8-23-18(24-9-10)11-2-3-13(15(20)4-11)12-5-16(21)14(7-19)17(22)6-12;7-4-1-3(11-10)2-5(8)6(4)9/h2-6,8-9H,7H2,1H3;1-2H. The Balaban J connectivity index is 0.000000261. The van der Waals surface area contributed by atoms with E-state index in [1.165, 1.54) is 12.1 Å². The highest BCUT2D eigenvalue weighted by Crippen LogP contribution is 2.29. The minimum atomic E-state index is -1.65. The van der Waals surface area contributed by atoms with Crippen molar-refractivity contribution in [3.8, 4) is 28.3 Å². The average Bonchev–Trinajstić information content (AvgIpc) is 2.82. The van der Waals surface area contributed by atoms with Gasteiger partial charge in [0.2, 0.25) is 0 Å². The van der Waals surface area contributed by atoms with Gasteiger partial charge in [0.05, 0.1) is 5.56 Å². The number of hydrogen-bond acceptors (Lipinski definition) is 3. The van der Waals surface area contributed by atoms with E-state index in [0.29, 0.717) is 23.5 Å². The zero-order valence-corrected chi connectivity index (χ0v) is 17.7. The van der Waals surface area contributed by atoms with Crippen molar-refractivity contribution in [1.29, 1.82) is 0 Å². The van der Waals surface area contributed by atoms with Gasteiger partial charge in [-0.25, -0.2) is 40.7 Å². The number of halogens is 8. The van der Waals surface area contributed by atoms with Crippen LogP contribution in [0.2, 0.25) is 0 Å². The fourth-order valence-corrected chi connectivity index (χ4v) is 2.89. The summed E-state index contributed by atoms with van der Waals surface area (Å²) in [5.41, 5.74) is 0.654. The summed E-state index contributed by atoms with van der Waals surface area (Å²) in [7, 11) is 0. The number of rotatable bonds is 4. The molecule has 0 atom stereocenters. The van der Waals surface area contributed by atoms with E-state index in [-0.39, 0.29) is 11.1 Å². The lowest BCUT2D eigenvalue weighted by Crippen LogP contribution is -1.96. The van der Waals surface area contributed by atoms with Crippen molar-refractivity contribution >= 4 is 0 Å². The molecule has 0 aliphatic carbocycles. The minimum absolute atomic E-state index is 0.00363. The van der Waals surface area contributed by atoms with Crippen LogP contribution in [0.25, 0.3) is 22.5 Å². The third-order valence-electron chi connectivity index (χ3n) is 4.64. The fraction of sp³-hybridized carbons (Fsp3) is 0.0833. The molecule has 0 aliphatic heterocycles. The molecule has 0 radical (unpaired) electrons. The van der Waals surface area contributed by atoms with Gasteiger partial charge in [0.1, 0.15) is 24.1 Å². The first-order valence-corrected chi connectivity index (χ1v) is 9.70. The number of aryl methyl sites for hydroxylation is 1. The molecule has 0 unspecified atom stereocenters. The smallest absolute Gasteiger partial charge is 0.194 e. The first-order valence-electron chi connectivity index (χ1n) is 9.70. The second-order valence-electron chi connectivity index (χ2n) is 7.11. The zero-order valence-electron chi connectivity index (χ0n) is 17.7. The van der Waals surface area contributed by atoms with Crippen LogP contribution in [0.4, 0.5) is 35.3 Å². The van der Waals surface area contributed by atoms with Gasteiger partial charge in [0, 0.05) is 40.2 Å². The predicted molar refractivity (Wildman–Crippen MR) is 110 cm³/mol. The molecular formula is C24H14F8N2O. The van der Waals surface area contributed by atoms with Gasteiger partial charge < -0.3 is 0 Å². The summed E-state index contributed by atoms with van der Waals surface area (Å²) in [6.07, 6.45) is 3.21. The lowest BCUT2D eigenvalue weighted by Gasteiger charge is -2.08. The van der Waals surface area contributed by atoms with Gasteiger partial charge >= 0.3 is 0 Å². The summed E-state index contributed by atoms with van der Waals surface area (Å²) in [6, 6.07) is 6.77. The number of hydrogen-bond donors (Lipinski definition) is 0. The number of nitrogens with zero attached hydrogens (tertiary/aromatic N) is 2. The molecule has 0 spiro atoms. The number of aromatic nitrogens is 2. The van der Waals surface area contributed by atoms with Crippen molar-refractivity contribution < 1.29 is 40.2 Å². The Morgan fingerprint density at radius 3 is 1.74 bits per heavy atom. The zero-order chi connectivity index (χ0) is 25.7. The van der Waals surface area contributed by atoms with Crippen LogP contribution in [0.15, 0.2) is 54.9 Å². The van der Waals surface area contributed by atoms with Gasteiger partial charge in [0.25, 0.3) is 0 Å². The van der Waals surface area contributed by atoms with Crippen LogP contribution in [0.3, 0.4) is 0 Å². The molecule has 1 heterocycles. The van der Waals surface area contributed by atoms with Crippen molar-refractivity contribution in [2.24, 2.45) is 0 Å². The molecule has 3 aromatic carbocycles. The molecule has 0 amide bonds. The Kier molecular flexibility index (Phi) is 8.00. The van der Waals surface area contributed by atoms with E-state index >= 15 is 0 Å². The monoisotopic (exact) mass is 498 g/mol. The van der Waals surface area contributed by atoms with Gasteiger partial charge in [-0.05, 0) is 36.2 Å². The first-order chi connectivity index (χ1) is 16.6. The second-order valence-corrected chi connectivity index (χ2v) is 7.11. The van der Waals surface area contributed by atoms with Gasteiger partial charge in [0.15, 0.2) is 29.0 Å². The van der Waals surface area contributed by atoms with Crippen molar-refractivity contribution in [2.75, 3.05) is 0 Å². The SMILES string of the molecule is Cc1cnc(-c2ccc(-c3cc(F)c(CF)c(F)c3)c(F)c2)nc1.FOc1cc(F)c(F)c(F)c1. The van der Waals surface area contributed by atoms with Gasteiger partial charge in [-0.1, -0.05) is 12.1 Å². The van der Waals surface area contributed by atoms with E-state index < -0.39 is 52.9 Å². The third kappa shape index (κ3) is 5.92. The summed E-state index contributed by atoms with van der Waals surface area (Å²) in [5.74, 6) is -7.75. The highest BCUT2D eigenvalue weighted by Gasteiger charge is 2.15. The molecule has 4 rings (SSSR count). The number of benzene rings is 3. The molecule has 1 aromatic heterocycles. The van der Waals surface area contributed by atoms with E-state index in [1.807, 2.05) is 6.92 Å². The van der Waals surface area contributed by atoms with Gasteiger partial charge in [-0.15, -0.1) is 0 Å². The molecule has 182 valence electrons. The summed E-state index contributed by atoms with van der Waals surface area (Å²) in [4.78, 5) is 11.2. The Hall–Kier alpha value is -4.02. The Labute approximate surface area is 193 Å². The van der Waals surface area contributed by atoms with Crippen LogP contribution < -0.4 is 4.94 Å². The quantitative estimate of drug-likeness (QED) is 0.218. The highest BCUT2D eigenvalue weighted by atomic mass is 19.3. The molecule has 0 fully saturated rings. The molecule has 0 N–H and O–H groups in total. The van der Waals surface area contributed by atoms with E-state index in [4.69, 9.17) is 0 Å². The lowest BCUT2D eigenvalue weighted by molar-refractivity contribution is -0.00711. The van der Waals surface area contributed by atoms with Crippen LogP contribution in [0.1, 0.15) is 11.1 Å². The van der Waals surface area contributed by atoms with Crippen LogP contribution in [0.5, 0.6) is 5.75 Å². The molecule has 4 aromatic rings. The maximum Gasteiger partial charge on any atom is 0.194 e.